The third-order valence-electron chi connectivity index (χ3n) is 9.28. The van der Waals surface area contributed by atoms with Crippen LogP contribution in [0, 0.1) is 10.8 Å². The molecule has 4 aromatic carbocycles. The molecule has 0 saturated heterocycles. The lowest BCUT2D eigenvalue weighted by atomic mass is 9.98. The normalized spacial score (nSPS) is 12.4. The smallest absolute Gasteiger partial charge is 0.245 e. The number of rotatable bonds is 20. The Balaban J connectivity index is 1.49. The Morgan fingerprint density at radius 3 is 1.53 bits per heavy atom. The number of hydrogen-bond acceptors (Lipinski definition) is 6. The molecular formula is C42H54N10O3. The van der Waals surface area contributed by atoms with Crippen LogP contribution < -0.4 is 38.5 Å². The Morgan fingerprint density at radius 2 is 1.04 bits per heavy atom. The minimum Gasteiger partial charge on any atom is -0.370 e. The minimum absolute atomic E-state index is 0.111. The predicted octanol–water partition coefficient (Wildman–Crippen LogP) is 3.09. The molecule has 0 radical (unpaired) electrons. The minimum atomic E-state index is -0.994. The van der Waals surface area contributed by atoms with Crippen molar-refractivity contribution in [2.45, 2.75) is 56.7 Å². The van der Waals surface area contributed by atoms with Crippen molar-refractivity contribution < 1.29 is 14.4 Å². The summed E-state index contributed by atoms with van der Waals surface area (Å²) in [6, 6.07) is 32.9. The highest BCUT2D eigenvalue weighted by atomic mass is 16.2. The summed E-state index contributed by atoms with van der Waals surface area (Å²) in [5, 5.41) is 26.1. The van der Waals surface area contributed by atoms with Crippen LogP contribution in [0.15, 0.2) is 109 Å². The molecule has 0 spiro atoms. The molecule has 12 N–H and O–H groups in total. The molecule has 55 heavy (non-hydrogen) atoms. The zero-order chi connectivity index (χ0) is 39.6. The monoisotopic (exact) mass is 746 g/mol. The first-order valence-electron chi connectivity index (χ1n) is 18.6. The van der Waals surface area contributed by atoms with E-state index in [4.69, 9.17) is 28.0 Å². The first-order chi connectivity index (χ1) is 26.5. The molecule has 0 saturated carbocycles. The van der Waals surface area contributed by atoms with Crippen molar-refractivity contribution in [3.63, 3.8) is 0 Å². The molecule has 3 amide bonds. The van der Waals surface area contributed by atoms with E-state index in [1.807, 2.05) is 109 Å². The van der Waals surface area contributed by atoms with Gasteiger partial charge in [-0.1, -0.05) is 109 Å². The van der Waals surface area contributed by atoms with Gasteiger partial charge < -0.3 is 43.4 Å². The summed E-state index contributed by atoms with van der Waals surface area (Å²) in [5.41, 5.74) is 23.2. The van der Waals surface area contributed by atoms with Gasteiger partial charge in [0.15, 0.2) is 11.9 Å². The van der Waals surface area contributed by atoms with Gasteiger partial charge in [-0.2, -0.15) is 0 Å². The van der Waals surface area contributed by atoms with Crippen molar-refractivity contribution >= 4 is 29.6 Å². The van der Waals surface area contributed by atoms with E-state index in [1.165, 1.54) is 4.90 Å². The van der Waals surface area contributed by atoms with Crippen molar-refractivity contribution in [1.82, 2.24) is 26.2 Å². The van der Waals surface area contributed by atoms with Gasteiger partial charge in [0.05, 0.1) is 6.04 Å². The molecule has 0 aliphatic rings. The van der Waals surface area contributed by atoms with Crippen LogP contribution in [0.5, 0.6) is 0 Å². The highest BCUT2D eigenvalue weighted by Crippen LogP contribution is 2.22. The number of hydrogen-bond donors (Lipinski definition) is 9. The van der Waals surface area contributed by atoms with Crippen molar-refractivity contribution in [3.8, 4) is 22.3 Å². The topological polar surface area (TPSA) is 228 Å². The molecule has 0 bridgehead atoms. The molecule has 4 rings (SSSR count). The summed E-state index contributed by atoms with van der Waals surface area (Å²) in [5.74, 6) is -1.57. The SMILES string of the molecule is CN(C(=O)[C@H](CCCNC(=N)N)NC(=O)[C@@H](N)Cc1ccc(-c2ccccc2)cc1)[C@@H](Cc1ccc(-c2ccccc2)cc1)C(=O)NCCCCNC(=N)N. The zero-order valence-corrected chi connectivity index (χ0v) is 31.4. The molecule has 0 heterocycles. The van der Waals surface area contributed by atoms with Crippen molar-refractivity contribution in [2.24, 2.45) is 17.2 Å². The van der Waals surface area contributed by atoms with Gasteiger partial charge in [-0.15, -0.1) is 0 Å². The first kappa shape index (κ1) is 41.5. The maximum atomic E-state index is 14.3. The van der Waals surface area contributed by atoms with Crippen LogP contribution >= 0.6 is 0 Å². The van der Waals surface area contributed by atoms with E-state index in [2.05, 4.69) is 21.3 Å². The lowest BCUT2D eigenvalue weighted by molar-refractivity contribution is -0.142. The Kier molecular flexibility index (Phi) is 16.2. The molecule has 0 aliphatic heterocycles. The van der Waals surface area contributed by atoms with Gasteiger partial charge in [-0.3, -0.25) is 25.2 Å². The molecule has 4 aromatic rings. The molecule has 0 unspecified atom stereocenters. The molecule has 0 fully saturated rings. The first-order valence-corrected chi connectivity index (χ1v) is 18.6. The number of carbonyl (C=O) groups excluding carboxylic acids is 3. The van der Waals surface area contributed by atoms with E-state index in [9.17, 15) is 14.4 Å². The fourth-order valence-electron chi connectivity index (χ4n) is 6.17. The van der Waals surface area contributed by atoms with Gasteiger partial charge in [0.25, 0.3) is 0 Å². The zero-order valence-electron chi connectivity index (χ0n) is 31.4. The number of likely N-dealkylation sites (N-methyl/N-ethyl adjacent to an activating group) is 1. The summed E-state index contributed by atoms with van der Waals surface area (Å²) < 4.78 is 0. The highest BCUT2D eigenvalue weighted by molar-refractivity contribution is 5.93. The maximum Gasteiger partial charge on any atom is 0.245 e. The predicted molar refractivity (Wildman–Crippen MR) is 219 cm³/mol. The third-order valence-corrected chi connectivity index (χ3v) is 9.28. The van der Waals surface area contributed by atoms with Crippen LogP contribution in [-0.2, 0) is 27.2 Å². The van der Waals surface area contributed by atoms with Gasteiger partial charge in [0, 0.05) is 33.1 Å². The number of nitrogens with one attached hydrogen (secondary N) is 6. The van der Waals surface area contributed by atoms with Gasteiger partial charge in [-0.25, -0.2) is 0 Å². The lowest BCUT2D eigenvalue weighted by Gasteiger charge is -2.31. The van der Waals surface area contributed by atoms with Crippen molar-refractivity contribution in [3.05, 3.63) is 120 Å². The van der Waals surface area contributed by atoms with Gasteiger partial charge in [0.1, 0.15) is 12.1 Å². The summed E-state index contributed by atoms with van der Waals surface area (Å²) in [7, 11) is 1.57. The average Bonchev–Trinajstić information content (AvgIpc) is 3.19. The number of amides is 3. The van der Waals surface area contributed by atoms with E-state index < -0.39 is 29.9 Å². The number of benzene rings is 4. The van der Waals surface area contributed by atoms with E-state index >= 15 is 0 Å². The van der Waals surface area contributed by atoms with E-state index in [1.54, 1.807) is 7.05 Å². The average molecular weight is 747 g/mol. The van der Waals surface area contributed by atoms with Crippen LogP contribution in [0.1, 0.15) is 36.8 Å². The summed E-state index contributed by atoms with van der Waals surface area (Å²) in [6.45, 7) is 1.18. The Hall–Kier alpha value is -6.21. The van der Waals surface area contributed by atoms with E-state index in [0.29, 0.717) is 38.9 Å². The summed E-state index contributed by atoms with van der Waals surface area (Å²) in [6.07, 6.45) is 2.44. The summed E-state index contributed by atoms with van der Waals surface area (Å²) >= 11 is 0. The van der Waals surface area contributed by atoms with Crippen LogP contribution in [0.4, 0.5) is 0 Å². The third kappa shape index (κ3) is 13.6. The van der Waals surface area contributed by atoms with Crippen molar-refractivity contribution in [2.75, 3.05) is 26.7 Å². The van der Waals surface area contributed by atoms with E-state index in [0.717, 1.165) is 33.4 Å². The second kappa shape index (κ2) is 21.5. The molecule has 0 aliphatic carbocycles. The van der Waals surface area contributed by atoms with Crippen molar-refractivity contribution in [1.29, 1.82) is 10.8 Å². The number of carbonyl (C=O) groups is 3. The second-order valence-electron chi connectivity index (χ2n) is 13.5. The molecule has 13 heteroatoms. The molecular weight excluding hydrogens is 693 g/mol. The van der Waals surface area contributed by atoms with Gasteiger partial charge in [0.2, 0.25) is 17.7 Å². The number of guanidine groups is 2. The Bertz CT molecular complexity index is 1840. The molecule has 13 nitrogen and oxygen atoms in total. The number of unbranched alkanes of at least 4 members (excludes halogenated alkanes) is 1. The standard InChI is InChI=1S/C42H54N10O3/c1-52(37(39(54)48-24-8-9-25-49-41(44)45)28-30-18-22-34(23-19-30)32-13-6-3-7-14-32)40(55)36(15-10-26-50-42(46)47)51-38(53)35(43)27-29-16-20-33(21-17-29)31-11-4-2-5-12-31/h2-7,11-14,16-23,35-37H,8-10,15,24-28,43H2,1H3,(H,48,54)(H,51,53)(H4,44,45,49)(H4,46,47,50)/t35-,36-,37-/m0/s1. The Morgan fingerprint density at radius 1 is 0.600 bits per heavy atom. The molecule has 290 valence electrons. The number of nitrogens with zero attached hydrogens (tertiary/aromatic N) is 1. The van der Waals surface area contributed by atoms with Crippen LogP contribution in [0.25, 0.3) is 22.3 Å². The maximum absolute atomic E-state index is 14.3. The van der Waals surface area contributed by atoms with Crippen LogP contribution in [-0.4, -0.2) is 79.3 Å². The number of nitrogens with two attached hydrogens (primary N) is 3. The fraction of sp³-hybridized carbons (Fsp3) is 0.310. The van der Waals surface area contributed by atoms with Gasteiger partial charge in [-0.05, 0) is 65.5 Å². The highest BCUT2D eigenvalue weighted by Gasteiger charge is 2.33. The molecule has 0 aromatic heterocycles. The lowest BCUT2D eigenvalue weighted by Crippen LogP contribution is -2.57. The second-order valence-corrected chi connectivity index (χ2v) is 13.5. The Labute approximate surface area is 323 Å². The summed E-state index contributed by atoms with van der Waals surface area (Å²) in [4.78, 5) is 43.0. The quantitative estimate of drug-likeness (QED) is 0.0370. The molecule has 3 atom stereocenters. The largest absolute Gasteiger partial charge is 0.370 e. The van der Waals surface area contributed by atoms with Gasteiger partial charge >= 0.3 is 0 Å². The fourth-order valence-corrected chi connectivity index (χ4v) is 6.17. The van der Waals surface area contributed by atoms with E-state index in [-0.39, 0.29) is 37.1 Å². The van der Waals surface area contributed by atoms with Crippen LogP contribution in [0.2, 0.25) is 0 Å². The van der Waals surface area contributed by atoms with Crippen LogP contribution in [0.3, 0.4) is 0 Å².